The van der Waals surface area contributed by atoms with E-state index in [1.807, 2.05) is 0 Å². The first-order chi connectivity index (χ1) is 8.34. The maximum atomic E-state index is 5.83. The molecule has 2 heteroatoms. The second kappa shape index (κ2) is 6.77. The molecule has 2 rings (SSSR count). The summed E-state index contributed by atoms with van der Waals surface area (Å²) in [7, 11) is 0. The maximum absolute atomic E-state index is 5.83. The zero-order valence-corrected chi connectivity index (χ0v) is 10.7. The van der Waals surface area contributed by atoms with Crippen LogP contribution >= 0.6 is 0 Å². The van der Waals surface area contributed by atoms with E-state index in [-0.39, 0.29) is 0 Å². The third-order valence-corrected chi connectivity index (χ3v) is 3.44. The molecule has 1 heterocycles. The molecule has 0 aliphatic carbocycles. The van der Waals surface area contributed by atoms with Crippen LogP contribution in [-0.2, 0) is 11.3 Å². The van der Waals surface area contributed by atoms with E-state index in [2.05, 4.69) is 36.5 Å². The summed E-state index contributed by atoms with van der Waals surface area (Å²) in [5, 5.41) is 3.44. The molecule has 0 bridgehead atoms. The van der Waals surface area contributed by atoms with Crippen LogP contribution < -0.4 is 5.32 Å². The summed E-state index contributed by atoms with van der Waals surface area (Å²) in [4.78, 5) is 0. The van der Waals surface area contributed by atoms with Gasteiger partial charge in [-0.25, -0.2) is 0 Å². The van der Waals surface area contributed by atoms with E-state index in [0.29, 0.717) is 0 Å². The van der Waals surface area contributed by atoms with E-state index in [9.17, 15) is 0 Å². The lowest BCUT2D eigenvalue weighted by Crippen LogP contribution is -2.15. The maximum Gasteiger partial charge on any atom is 0.0717 e. The van der Waals surface area contributed by atoms with Crippen molar-refractivity contribution in [1.82, 2.24) is 5.32 Å². The van der Waals surface area contributed by atoms with Crippen molar-refractivity contribution in [2.45, 2.75) is 32.8 Å². The summed E-state index contributed by atoms with van der Waals surface area (Å²) in [5.74, 6) is 0.746. The number of ether oxygens (including phenoxy) is 1. The molecule has 0 saturated carbocycles. The number of rotatable bonds is 4. The quantitative estimate of drug-likeness (QED) is 0.863. The van der Waals surface area contributed by atoms with Crippen LogP contribution in [0.5, 0.6) is 0 Å². The molecular formula is C15H23NO. The SMILES string of the molecule is Cc1ccc(COCC2CCCNCC2)cc1. The summed E-state index contributed by atoms with van der Waals surface area (Å²) in [5.41, 5.74) is 2.59. The first-order valence-electron chi connectivity index (χ1n) is 6.68. The van der Waals surface area contributed by atoms with Gasteiger partial charge in [-0.15, -0.1) is 0 Å². The van der Waals surface area contributed by atoms with Crippen molar-refractivity contribution in [3.63, 3.8) is 0 Å². The number of hydrogen-bond acceptors (Lipinski definition) is 2. The van der Waals surface area contributed by atoms with Gasteiger partial charge in [-0.3, -0.25) is 0 Å². The average Bonchev–Trinajstić information content (AvgIpc) is 2.60. The lowest BCUT2D eigenvalue weighted by molar-refractivity contribution is 0.0829. The molecule has 1 fully saturated rings. The molecule has 0 aromatic heterocycles. The van der Waals surface area contributed by atoms with Crippen LogP contribution in [0.2, 0.25) is 0 Å². The first kappa shape index (κ1) is 12.6. The number of benzene rings is 1. The molecule has 1 saturated heterocycles. The van der Waals surface area contributed by atoms with Gasteiger partial charge in [0.05, 0.1) is 6.61 Å². The molecule has 1 aliphatic rings. The van der Waals surface area contributed by atoms with Gasteiger partial charge in [0, 0.05) is 6.61 Å². The minimum absolute atomic E-state index is 0.746. The third-order valence-electron chi connectivity index (χ3n) is 3.44. The fourth-order valence-corrected chi connectivity index (χ4v) is 2.29. The normalized spacial score (nSPS) is 21.1. The summed E-state index contributed by atoms with van der Waals surface area (Å²) < 4.78 is 5.83. The molecule has 94 valence electrons. The van der Waals surface area contributed by atoms with Crippen LogP contribution in [0.1, 0.15) is 30.4 Å². The van der Waals surface area contributed by atoms with E-state index in [4.69, 9.17) is 4.74 Å². The van der Waals surface area contributed by atoms with Crippen molar-refractivity contribution < 1.29 is 4.74 Å². The predicted octanol–water partition coefficient (Wildman–Crippen LogP) is 2.90. The van der Waals surface area contributed by atoms with Gasteiger partial charge < -0.3 is 10.1 Å². The van der Waals surface area contributed by atoms with Crippen LogP contribution in [0.25, 0.3) is 0 Å². The highest BCUT2D eigenvalue weighted by atomic mass is 16.5. The Labute approximate surface area is 104 Å². The van der Waals surface area contributed by atoms with Gasteiger partial charge in [-0.1, -0.05) is 29.8 Å². The molecule has 1 unspecified atom stereocenters. The third kappa shape index (κ3) is 4.49. The highest BCUT2D eigenvalue weighted by Crippen LogP contribution is 2.14. The van der Waals surface area contributed by atoms with Crippen molar-refractivity contribution in [1.29, 1.82) is 0 Å². The van der Waals surface area contributed by atoms with Crippen LogP contribution in [0.3, 0.4) is 0 Å². The van der Waals surface area contributed by atoms with Crippen molar-refractivity contribution in [3.8, 4) is 0 Å². The van der Waals surface area contributed by atoms with Crippen molar-refractivity contribution in [2.75, 3.05) is 19.7 Å². The lowest BCUT2D eigenvalue weighted by atomic mass is 10.0. The van der Waals surface area contributed by atoms with Gasteiger partial charge in [0.2, 0.25) is 0 Å². The van der Waals surface area contributed by atoms with Crippen LogP contribution in [0, 0.1) is 12.8 Å². The van der Waals surface area contributed by atoms with Gasteiger partial charge in [-0.2, -0.15) is 0 Å². The Kier molecular flexibility index (Phi) is 5.02. The fraction of sp³-hybridized carbons (Fsp3) is 0.600. The number of aryl methyl sites for hydroxylation is 1. The molecule has 1 atom stereocenters. The van der Waals surface area contributed by atoms with E-state index >= 15 is 0 Å². The highest BCUT2D eigenvalue weighted by molar-refractivity contribution is 5.20. The standard InChI is InChI=1S/C15H23NO/c1-13-4-6-15(7-5-13)12-17-11-14-3-2-9-16-10-8-14/h4-7,14,16H,2-3,8-12H2,1H3. The summed E-state index contributed by atoms with van der Waals surface area (Å²) in [6.45, 7) is 6.11. The number of nitrogens with one attached hydrogen (secondary N) is 1. The molecule has 1 aromatic carbocycles. The van der Waals surface area contributed by atoms with Crippen LogP contribution in [-0.4, -0.2) is 19.7 Å². The van der Waals surface area contributed by atoms with Gasteiger partial charge in [0.15, 0.2) is 0 Å². The lowest BCUT2D eigenvalue weighted by Gasteiger charge is -2.13. The Morgan fingerprint density at radius 2 is 2.00 bits per heavy atom. The smallest absolute Gasteiger partial charge is 0.0717 e. The topological polar surface area (TPSA) is 21.3 Å². The highest BCUT2D eigenvalue weighted by Gasteiger charge is 2.11. The largest absolute Gasteiger partial charge is 0.376 e. The molecule has 0 amide bonds. The Bertz CT molecular complexity index is 312. The Morgan fingerprint density at radius 1 is 1.18 bits per heavy atom. The van der Waals surface area contributed by atoms with E-state index < -0.39 is 0 Å². The van der Waals surface area contributed by atoms with Gasteiger partial charge in [-0.05, 0) is 50.8 Å². The molecule has 1 aromatic rings. The second-order valence-corrected chi connectivity index (χ2v) is 5.05. The van der Waals surface area contributed by atoms with Crippen LogP contribution in [0.4, 0.5) is 0 Å². The zero-order valence-electron chi connectivity index (χ0n) is 10.7. The van der Waals surface area contributed by atoms with Gasteiger partial charge in [0.25, 0.3) is 0 Å². The van der Waals surface area contributed by atoms with Crippen molar-refractivity contribution >= 4 is 0 Å². The Morgan fingerprint density at radius 3 is 2.82 bits per heavy atom. The molecule has 2 nitrogen and oxygen atoms in total. The van der Waals surface area contributed by atoms with E-state index in [1.165, 1.54) is 36.9 Å². The minimum atomic E-state index is 0.746. The van der Waals surface area contributed by atoms with Gasteiger partial charge in [0.1, 0.15) is 0 Å². The number of hydrogen-bond donors (Lipinski definition) is 1. The minimum Gasteiger partial charge on any atom is -0.376 e. The van der Waals surface area contributed by atoms with Crippen molar-refractivity contribution in [3.05, 3.63) is 35.4 Å². The monoisotopic (exact) mass is 233 g/mol. The van der Waals surface area contributed by atoms with Crippen molar-refractivity contribution in [2.24, 2.45) is 5.92 Å². The molecule has 17 heavy (non-hydrogen) atoms. The Balaban J connectivity index is 1.69. The average molecular weight is 233 g/mol. The van der Waals surface area contributed by atoms with E-state index in [1.54, 1.807) is 0 Å². The Hall–Kier alpha value is -0.860. The summed E-state index contributed by atoms with van der Waals surface area (Å²) in [6, 6.07) is 8.61. The molecular weight excluding hydrogens is 210 g/mol. The van der Waals surface area contributed by atoms with E-state index in [0.717, 1.165) is 25.7 Å². The molecule has 0 spiro atoms. The molecule has 0 radical (unpaired) electrons. The second-order valence-electron chi connectivity index (χ2n) is 5.05. The molecule has 1 aliphatic heterocycles. The molecule has 1 N–H and O–H groups in total. The predicted molar refractivity (Wildman–Crippen MR) is 71.0 cm³/mol. The van der Waals surface area contributed by atoms with Crippen LogP contribution in [0.15, 0.2) is 24.3 Å². The fourth-order valence-electron chi connectivity index (χ4n) is 2.29. The summed E-state index contributed by atoms with van der Waals surface area (Å²) >= 11 is 0. The first-order valence-corrected chi connectivity index (χ1v) is 6.68. The zero-order chi connectivity index (χ0) is 11.9. The summed E-state index contributed by atoms with van der Waals surface area (Å²) in [6.07, 6.45) is 3.85. The van der Waals surface area contributed by atoms with Gasteiger partial charge >= 0.3 is 0 Å².